The number of hydrogen-bond donors (Lipinski definition) is 0. The van der Waals surface area contributed by atoms with E-state index in [0.29, 0.717) is 42.8 Å². The number of fused-ring (bicyclic) bond motifs is 1. The van der Waals surface area contributed by atoms with Crippen LogP contribution in [0.15, 0.2) is 61.3 Å². The Morgan fingerprint density at radius 3 is 2.53 bits per heavy atom. The zero-order valence-corrected chi connectivity index (χ0v) is 16.8. The highest BCUT2D eigenvalue weighted by Gasteiger charge is 2.25. The Balaban J connectivity index is 1.43. The van der Waals surface area contributed by atoms with Crippen molar-refractivity contribution in [2.24, 2.45) is 0 Å². The van der Waals surface area contributed by atoms with E-state index in [-0.39, 0.29) is 5.91 Å². The molecule has 0 aliphatic carbocycles. The minimum atomic E-state index is -0.111. The van der Waals surface area contributed by atoms with Crippen LogP contribution in [0, 0.1) is 0 Å². The highest BCUT2D eigenvalue weighted by atomic mass is 35.5. The molecule has 4 aromatic heterocycles. The highest BCUT2D eigenvalue weighted by Crippen LogP contribution is 2.31. The third kappa shape index (κ3) is 3.35. The first-order valence-corrected chi connectivity index (χ1v) is 9.98. The van der Waals surface area contributed by atoms with Crippen LogP contribution in [0.25, 0.3) is 16.6 Å². The van der Waals surface area contributed by atoms with Crippen LogP contribution in [0.4, 0.5) is 5.95 Å². The number of aromatic nitrogens is 5. The fourth-order valence-electron chi connectivity index (χ4n) is 3.65. The van der Waals surface area contributed by atoms with Gasteiger partial charge in [0.05, 0.1) is 10.5 Å². The lowest BCUT2D eigenvalue weighted by Crippen LogP contribution is -2.49. The Bertz CT molecular complexity index is 1200. The van der Waals surface area contributed by atoms with Gasteiger partial charge in [-0.1, -0.05) is 11.6 Å². The monoisotopic (exact) mass is 419 g/mol. The predicted octanol–water partition coefficient (Wildman–Crippen LogP) is 2.80. The van der Waals surface area contributed by atoms with E-state index in [9.17, 15) is 4.79 Å². The summed E-state index contributed by atoms with van der Waals surface area (Å²) in [6.07, 6.45) is 8.62. The van der Waals surface area contributed by atoms with Gasteiger partial charge in [0, 0.05) is 68.3 Å². The number of amides is 1. The lowest BCUT2D eigenvalue weighted by molar-refractivity contribution is 0.0739. The summed E-state index contributed by atoms with van der Waals surface area (Å²) >= 11 is 6.40. The van der Waals surface area contributed by atoms with Crippen LogP contribution in [0.1, 0.15) is 10.5 Å². The summed E-state index contributed by atoms with van der Waals surface area (Å²) in [5.41, 5.74) is 2.84. The maximum absolute atomic E-state index is 13.2. The fourth-order valence-corrected chi connectivity index (χ4v) is 3.86. The fraction of sp³-hybridized carbons (Fsp3) is 0.190. The number of piperazine rings is 1. The molecule has 0 N–H and O–H groups in total. The highest BCUT2D eigenvalue weighted by molar-refractivity contribution is 6.33. The van der Waals surface area contributed by atoms with Crippen LogP contribution in [0.5, 0.6) is 0 Å². The normalized spacial score (nSPS) is 14.3. The largest absolute Gasteiger partial charge is 0.337 e. The maximum atomic E-state index is 13.2. The van der Waals surface area contributed by atoms with Gasteiger partial charge in [-0.15, -0.1) is 0 Å². The van der Waals surface area contributed by atoms with E-state index in [2.05, 4.69) is 25.0 Å². The van der Waals surface area contributed by atoms with Crippen LogP contribution in [-0.4, -0.2) is 61.6 Å². The molecule has 150 valence electrons. The maximum Gasteiger partial charge on any atom is 0.274 e. The van der Waals surface area contributed by atoms with Crippen molar-refractivity contribution in [2.45, 2.75) is 0 Å². The topological polar surface area (TPSA) is 79.5 Å². The van der Waals surface area contributed by atoms with E-state index in [0.717, 1.165) is 16.6 Å². The first-order valence-electron chi connectivity index (χ1n) is 9.60. The molecule has 1 aliphatic rings. The molecule has 5 rings (SSSR count). The molecule has 0 saturated carbocycles. The van der Waals surface area contributed by atoms with Gasteiger partial charge < -0.3 is 9.80 Å². The summed E-state index contributed by atoms with van der Waals surface area (Å²) in [4.78, 5) is 29.9. The molecular weight excluding hydrogens is 402 g/mol. The molecule has 0 radical (unpaired) electrons. The second kappa shape index (κ2) is 7.72. The predicted molar refractivity (Wildman–Crippen MR) is 114 cm³/mol. The molecule has 9 heteroatoms. The first-order chi connectivity index (χ1) is 14.7. The molecule has 0 aromatic carbocycles. The van der Waals surface area contributed by atoms with Gasteiger partial charge in [0.2, 0.25) is 5.95 Å². The van der Waals surface area contributed by atoms with Gasteiger partial charge in [0.1, 0.15) is 5.69 Å². The number of anilines is 1. The number of halogens is 1. The van der Waals surface area contributed by atoms with E-state index >= 15 is 0 Å². The molecule has 1 saturated heterocycles. The standard InChI is InChI=1S/C21H18ClN7O/c22-17-4-7-23-14-16(17)15-13-18(26-29-8-1-3-19(15)29)20(30)27-9-11-28(12-10-27)21-24-5-2-6-25-21/h1-8,13-14H,9-12H2. The molecule has 30 heavy (non-hydrogen) atoms. The zero-order valence-electron chi connectivity index (χ0n) is 16.0. The van der Waals surface area contributed by atoms with Gasteiger partial charge in [0.25, 0.3) is 5.91 Å². The van der Waals surface area contributed by atoms with Gasteiger partial charge in [-0.25, -0.2) is 14.5 Å². The van der Waals surface area contributed by atoms with E-state index in [1.807, 2.05) is 23.2 Å². The smallest absolute Gasteiger partial charge is 0.274 e. The molecule has 1 fully saturated rings. The van der Waals surface area contributed by atoms with Crippen molar-refractivity contribution in [3.8, 4) is 11.1 Å². The first kappa shape index (κ1) is 18.5. The van der Waals surface area contributed by atoms with Crippen LogP contribution < -0.4 is 4.90 Å². The number of pyridine rings is 1. The van der Waals surface area contributed by atoms with E-state index < -0.39 is 0 Å². The summed E-state index contributed by atoms with van der Waals surface area (Å²) < 4.78 is 1.71. The molecule has 0 bridgehead atoms. The summed E-state index contributed by atoms with van der Waals surface area (Å²) in [6.45, 7) is 2.49. The average Bonchev–Trinajstić information content (AvgIpc) is 3.28. The van der Waals surface area contributed by atoms with Crippen molar-refractivity contribution in [3.63, 3.8) is 0 Å². The molecule has 1 amide bonds. The molecule has 0 atom stereocenters. The Labute approximate surface area is 177 Å². The van der Waals surface area contributed by atoms with Crippen LogP contribution in [0.3, 0.4) is 0 Å². The molecule has 5 heterocycles. The Morgan fingerprint density at radius 2 is 1.77 bits per heavy atom. The summed E-state index contributed by atoms with van der Waals surface area (Å²) in [7, 11) is 0. The number of carbonyl (C=O) groups excluding carboxylic acids is 1. The Morgan fingerprint density at radius 1 is 0.967 bits per heavy atom. The van der Waals surface area contributed by atoms with E-state index in [1.165, 1.54) is 0 Å². The minimum absolute atomic E-state index is 0.111. The van der Waals surface area contributed by atoms with Crippen LogP contribution in [0.2, 0.25) is 5.02 Å². The lowest BCUT2D eigenvalue weighted by atomic mass is 10.1. The summed E-state index contributed by atoms with van der Waals surface area (Å²) in [5.74, 6) is 0.575. The number of nitrogens with zero attached hydrogens (tertiary/aromatic N) is 7. The van der Waals surface area contributed by atoms with Gasteiger partial charge >= 0.3 is 0 Å². The van der Waals surface area contributed by atoms with Crippen molar-refractivity contribution in [1.29, 1.82) is 0 Å². The number of hydrogen-bond acceptors (Lipinski definition) is 6. The van der Waals surface area contributed by atoms with Crippen molar-refractivity contribution >= 4 is 29.0 Å². The third-order valence-electron chi connectivity index (χ3n) is 5.18. The summed E-state index contributed by atoms with van der Waals surface area (Å²) in [6, 6.07) is 9.16. The van der Waals surface area contributed by atoms with E-state index in [1.54, 1.807) is 47.5 Å². The van der Waals surface area contributed by atoms with Crippen molar-refractivity contribution < 1.29 is 4.79 Å². The molecule has 8 nitrogen and oxygen atoms in total. The molecule has 0 unspecified atom stereocenters. The second-order valence-corrected chi connectivity index (χ2v) is 7.37. The summed E-state index contributed by atoms with van der Waals surface area (Å²) in [5, 5.41) is 5.10. The van der Waals surface area contributed by atoms with Gasteiger partial charge in [-0.3, -0.25) is 9.78 Å². The number of rotatable bonds is 3. The molecule has 0 spiro atoms. The average molecular weight is 420 g/mol. The Hall–Kier alpha value is -3.52. The molecule has 1 aliphatic heterocycles. The van der Waals surface area contributed by atoms with Crippen molar-refractivity contribution in [1.82, 2.24) is 29.5 Å². The van der Waals surface area contributed by atoms with Gasteiger partial charge in [-0.05, 0) is 30.3 Å². The minimum Gasteiger partial charge on any atom is -0.337 e. The number of carbonyl (C=O) groups is 1. The van der Waals surface area contributed by atoms with E-state index in [4.69, 9.17) is 11.6 Å². The third-order valence-corrected chi connectivity index (χ3v) is 5.51. The van der Waals surface area contributed by atoms with Crippen LogP contribution >= 0.6 is 11.6 Å². The van der Waals surface area contributed by atoms with Crippen LogP contribution in [-0.2, 0) is 0 Å². The Kier molecular flexibility index (Phi) is 4.76. The van der Waals surface area contributed by atoms with Gasteiger partial charge in [-0.2, -0.15) is 5.10 Å². The molecular formula is C21H18ClN7O. The zero-order chi connectivity index (χ0) is 20.5. The molecule has 4 aromatic rings. The quantitative estimate of drug-likeness (QED) is 0.508. The van der Waals surface area contributed by atoms with Crippen molar-refractivity contribution in [3.05, 3.63) is 72.0 Å². The van der Waals surface area contributed by atoms with Gasteiger partial charge in [0.15, 0.2) is 0 Å². The lowest BCUT2D eigenvalue weighted by Gasteiger charge is -2.34. The second-order valence-electron chi connectivity index (χ2n) is 6.96. The SMILES string of the molecule is O=C(c1cc(-c2cnccc2Cl)c2cccn2n1)N1CCN(c2ncccn2)CC1. The van der Waals surface area contributed by atoms with Crippen molar-refractivity contribution in [2.75, 3.05) is 31.1 Å².